The standard InChI is InChI=1S/C15H16ClNO3/c1-9-11(16)4-2-5-12(9)17-14(18)8-10(15(17)19)13-6-3-7-20-13/h2,4-5,10,13H,3,6-8H2,1H3/t10-,13-/m0/s1. The highest BCUT2D eigenvalue weighted by atomic mass is 35.5. The molecule has 1 aromatic rings. The summed E-state index contributed by atoms with van der Waals surface area (Å²) in [6.45, 7) is 2.50. The summed E-state index contributed by atoms with van der Waals surface area (Å²) in [6.07, 6.45) is 1.93. The van der Waals surface area contributed by atoms with Crippen LogP contribution in [0.4, 0.5) is 5.69 Å². The smallest absolute Gasteiger partial charge is 0.240 e. The molecule has 2 heterocycles. The lowest BCUT2D eigenvalue weighted by Crippen LogP contribution is -2.34. The predicted molar refractivity (Wildman–Crippen MR) is 75.8 cm³/mol. The molecule has 2 aliphatic rings. The number of carbonyl (C=O) groups is 2. The van der Waals surface area contributed by atoms with E-state index in [1.54, 1.807) is 18.2 Å². The molecule has 3 rings (SSSR count). The van der Waals surface area contributed by atoms with Gasteiger partial charge in [0.25, 0.3) is 0 Å². The van der Waals surface area contributed by atoms with Crippen molar-refractivity contribution in [2.45, 2.75) is 32.3 Å². The molecule has 0 aromatic heterocycles. The van der Waals surface area contributed by atoms with Crippen LogP contribution in [0.5, 0.6) is 0 Å². The fourth-order valence-electron chi connectivity index (χ4n) is 2.96. The second-order valence-corrected chi connectivity index (χ2v) is 5.72. The van der Waals surface area contributed by atoms with Gasteiger partial charge in [0.2, 0.25) is 11.8 Å². The minimum Gasteiger partial charge on any atom is -0.377 e. The van der Waals surface area contributed by atoms with Gasteiger partial charge in [-0.1, -0.05) is 17.7 Å². The van der Waals surface area contributed by atoms with Gasteiger partial charge in [-0.3, -0.25) is 9.59 Å². The highest BCUT2D eigenvalue weighted by molar-refractivity contribution is 6.32. The van der Waals surface area contributed by atoms with Crippen molar-refractivity contribution in [3.8, 4) is 0 Å². The van der Waals surface area contributed by atoms with Crippen LogP contribution in [0.15, 0.2) is 18.2 Å². The lowest BCUT2D eigenvalue weighted by Gasteiger charge is -2.19. The average Bonchev–Trinajstić information content (AvgIpc) is 3.02. The first kappa shape index (κ1) is 13.6. The van der Waals surface area contributed by atoms with Crippen molar-refractivity contribution in [2.24, 2.45) is 5.92 Å². The number of amides is 2. The molecule has 0 bridgehead atoms. The monoisotopic (exact) mass is 293 g/mol. The lowest BCUT2D eigenvalue weighted by molar-refractivity contribution is -0.124. The van der Waals surface area contributed by atoms with Crippen LogP contribution in [-0.2, 0) is 14.3 Å². The van der Waals surface area contributed by atoms with E-state index in [-0.39, 0.29) is 30.3 Å². The number of ether oxygens (including phenoxy) is 1. The second kappa shape index (κ2) is 5.19. The average molecular weight is 294 g/mol. The van der Waals surface area contributed by atoms with E-state index < -0.39 is 0 Å². The van der Waals surface area contributed by atoms with Crippen molar-refractivity contribution in [2.75, 3.05) is 11.5 Å². The predicted octanol–water partition coefficient (Wildman–Crippen LogP) is 2.71. The van der Waals surface area contributed by atoms with Gasteiger partial charge in [-0.05, 0) is 37.5 Å². The molecule has 2 atom stereocenters. The van der Waals surface area contributed by atoms with Crippen LogP contribution in [0.2, 0.25) is 5.02 Å². The lowest BCUT2D eigenvalue weighted by atomic mass is 9.98. The molecule has 0 aliphatic carbocycles. The number of nitrogens with zero attached hydrogens (tertiary/aromatic N) is 1. The van der Waals surface area contributed by atoms with E-state index >= 15 is 0 Å². The molecule has 2 amide bonds. The Balaban J connectivity index is 1.92. The van der Waals surface area contributed by atoms with Gasteiger partial charge in [-0.25, -0.2) is 4.90 Å². The molecule has 106 valence electrons. The van der Waals surface area contributed by atoms with Gasteiger partial charge in [-0.15, -0.1) is 0 Å². The zero-order chi connectivity index (χ0) is 14.3. The van der Waals surface area contributed by atoms with Gasteiger partial charge in [0, 0.05) is 18.1 Å². The summed E-state index contributed by atoms with van der Waals surface area (Å²) in [4.78, 5) is 26.0. The number of hydrogen-bond donors (Lipinski definition) is 0. The molecule has 0 saturated carbocycles. The van der Waals surface area contributed by atoms with E-state index in [1.807, 2.05) is 6.92 Å². The number of hydrogen-bond acceptors (Lipinski definition) is 3. The van der Waals surface area contributed by atoms with Crippen LogP contribution < -0.4 is 4.90 Å². The van der Waals surface area contributed by atoms with Crippen LogP contribution in [-0.4, -0.2) is 24.5 Å². The molecule has 2 fully saturated rings. The van der Waals surface area contributed by atoms with Crippen LogP contribution in [0.3, 0.4) is 0 Å². The molecule has 0 unspecified atom stereocenters. The van der Waals surface area contributed by atoms with Crippen molar-refractivity contribution < 1.29 is 14.3 Å². The molecule has 2 saturated heterocycles. The van der Waals surface area contributed by atoms with E-state index in [0.29, 0.717) is 17.3 Å². The summed E-state index contributed by atoms with van der Waals surface area (Å²) in [7, 11) is 0. The molecule has 0 spiro atoms. The van der Waals surface area contributed by atoms with Gasteiger partial charge in [0.1, 0.15) is 0 Å². The van der Waals surface area contributed by atoms with Crippen LogP contribution >= 0.6 is 11.6 Å². The first-order chi connectivity index (χ1) is 9.59. The van der Waals surface area contributed by atoms with E-state index in [2.05, 4.69) is 0 Å². The van der Waals surface area contributed by atoms with E-state index in [0.717, 1.165) is 18.4 Å². The largest absolute Gasteiger partial charge is 0.377 e. The molecule has 1 aromatic carbocycles. The molecule has 2 aliphatic heterocycles. The molecule has 4 nitrogen and oxygen atoms in total. The Morgan fingerprint density at radius 2 is 2.15 bits per heavy atom. The maximum Gasteiger partial charge on any atom is 0.240 e. The number of carbonyl (C=O) groups excluding carboxylic acids is 2. The van der Waals surface area contributed by atoms with Crippen molar-refractivity contribution in [3.63, 3.8) is 0 Å². The van der Waals surface area contributed by atoms with Crippen molar-refractivity contribution in [3.05, 3.63) is 28.8 Å². The highest BCUT2D eigenvalue weighted by Gasteiger charge is 2.45. The third-order valence-electron chi connectivity index (χ3n) is 4.08. The second-order valence-electron chi connectivity index (χ2n) is 5.31. The van der Waals surface area contributed by atoms with Crippen LogP contribution in [0.25, 0.3) is 0 Å². The quantitative estimate of drug-likeness (QED) is 0.788. The van der Waals surface area contributed by atoms with Crippen molar-refractivity contribution in [1.82, 2.24) is 0 Å². The van der Waals surface area contributed by atoms with Crippen molar-refractivity contribution in [1.29, 1.82) is 0 Å². The number of halogens is 1. The van der Waals surface area contributed by atoms with E-state index in [1.165, 1.54) is 4.90 Å². The highest BCUT2D eigenvalue weighted by Crippen LogP contribution is 2.35. The van der Waals surface area contributed by atoms with Gasteiger partial charge in [0.15, 0.2) is 0 Å². The van der Waals surface area contributed by atoms with Gasteiger partial charge < -0.3 is 4.74 Å². The van der Waals surface area contributed by atoms with Crippen LogP contribution in [0, 0.1) is 12.8 Å². The summed E-state index contributed by atoms with van der Waals surface area (Å²) in [6, 6.07) is 5.27. The number of rotatable bonds is 2. The van der Waals surface area contributed by atoms with Gasteiger partial charge in [-0.2, -0.15) is 0 Å². The Morgan fingerprint density at radius 3 is 2.85 bits per heavy atom. The van der Waals surface area contributed by atoms with Gasteiger partial charge >= 0.3 is 0 Å². The fourth-order valence-corrected chi connectivity index (χ4v) is 3.13. The van der Waals surface area contributed by atoms with Crippen molar-refractivity contribution >= 4 is 29.1 Å². The Hall–Kier alpha value is -1.39. The molecule has 0 radical (unpaired) electrons. The molecule has 0 N–H and O–H groups in total. The summed E-state index contributed by atoms with van der Waals surface area (Å²) in [5, 5.41) is 0.559. The summed E-state index contributed by atoms with van der Waals surface area (Å²) in [5.41, 5.74) is 1.34. The third kappa shape index (κ3) is 2.13. The van der Waals surface area contributed by atoms with Gasteiger partial charge in [0.05, 0.1) is 17.7 Å². The number of benzene rings is 1. The number of anilines is 1. The normalized spacial score (nSPS) is 26.6. The Kier molecular flexibility index (Phi) is 3.52. The first-order valence-electron chi connectivity index (χ1n) is 6.83. The third-order valence-corrected chi connectivity index (χ3v) is 4.48. The first-order valence-corrected chi connectivity index (χ1v) is 7.21. The zero-order valence-electron chi connectivity index (χ0n) is 11.3. The maximum atomic E-state index is 12.5. The molecule has 20 heavy (non-hydrogen) atoms. The topological polar surface area (TPSA) is 46.6 Å². The van der Waals surface area contributed by atoms with E-state index in [9.17, 15) is 9.59 Å². The molecular weight excluding hydrogens is 278 g/mol. The number of imide groups is 1. The summed E-state index contributed by atoms with van der Waals surface area (Å²) in [5.74, 6) is -0.670. The summed E-state index contributed by atoms with van der Waals surface area (Å²) >= 11 is 6.08. The Morgan fingerprint density at radius 1 is 1.35 bits per heavy atom. The molecule has 5 heteroatoms. The maximum absolute atomic E-state index is 12.5. The summed E-state index contributed by atoms with van der Waals surface area (Å²) < 4.78 is 5.57. The minimum atomic E-state index is -0.344. The minimum absolute atomic E-state index is 0.115. The Bertz CT molecular complexity index is 566. The zero-order valence-corrected chi connectivity index (χ0v) is 12.0. The molecular formula is C15H16ClNO3. The van der Waals surface area contributed by atoms with Crippen LogP contribution in [0.1, 0.15) is 24.8 Å². The SMILES string of the molecule is Cc1c(Cl)cccc1N1C(=O)C[C@@H]([C@@H]2CCCO2)C1=O. The van der Waals surface area contributed by atoms with E-state index in [4.69, 9.17) is 16.3 Å². The fraction of sp³-hybridized carbons (Fsp3) is 0.467. The Labute approximate surface area is 122 Å².